The van der Waals surface area contributed by atoms with Crippen LogP contribution in [-0.4, -0.2) is 26.1 Å². The summed E-state index contributed by atoms with van der Waals surface area (Å²) in [6.07, 6.45) is 4.96. The average molecular weight is 330 g/mol. The number of aromatic nitrogens is 4. The van der Waals surface area contributed by atoms with Crippen molar-refractivity contribution in [3.8, 4) is 0 Å². The molecule has 0 aliphatic carbocycles. The van der Waals surface area contributed by atoms with Crippen molar-refractivity contribution >= 4 is 29.6 Å². The monoisotopic (exact) mass is 329 g/mol. The molecule has 3 rings (SSSR count). The van der Waals surface area contributed by atoms with Gasteiger partial charge in [-0.15, -0.1) is 10.2 Å². The summed E-state index contributed by atoms with van der Waals surface area (Å²) in [5.74, 6) is 0.706. The summed E-state index contributed by atoms with van der Waals surface area (Å²) in [5, 5.41) is 13.7. The number of benzene rings is 1. The Morgan fingerprint density at radius 2 is 2.05 bits per heavy atom. The highest BCUT2D eigenvalue weighted by molar-refractivity contribution is 7.98. The molecular formula is C15H12ClN5S. The highest BCUT2D eigenvalue weighted by Gasteiger charge is 2.06. The largest absolute Gasteiger partial charge is 0.255 e. The maximum atomic E-state index is 6.15. The van der Waals surface area contributed by atoms with E-state index in [2.05, 4.69) is 20.3 Å². The van der Waals surface area contributed by atoms with Crippen molar-refractivity contribution < 1.29 is 0 Å². The van der Waals surface area contributed by atoms with Gasteiger partial charge < -0.3 is 0 Å². The molecular weight excluding hydrogens is 318 g/mol. The van der Waals surface area contributed by atoms with Gasteiger partial charge in [0.05, 0.1) is 11.9 Å². The predicted octanol–water partition coefficient (Wildman–Crippen LogP) is 3.50. The number of rotatable bonds is 5. The summed E-state index contributed by atoms with van der Waals surface area (Å²) in [6, 6.07) is 13.4. The van der Waals surface area contributed by atoms with Gasteiger partial charge in [0.15, 0.2) is 0 Å². The van der Waals surface area contributed by atoms with E-state index in [-0.39, 0.29) is 0 Å². The van der Waals surface area contributed by atoms with Gasteiger partial charge in [-0.1, -0.05) is 47.6 Å². The first-order valence-electron chi connectivity index (χ1n) is 6.54. The summed E-state index contributed by atoms with van der Waals surface area (Å²) < 4.78 is 1.62. The van der Waals surface area contributed by atoms with Crippen LogP contribution in [-0.2, 0) is 5.75 Å². The van der Waals surface area contributed by atoms with Crippen LogP contribution in [0, 0.1) is 0 Å². The van der Waals surface area contributed by atoms with Gasteiger partial charge in [-0.2, -0.15) is 9.78 Å². The zero-order valence-corrected chi connectivity index (χ0v) is 13.1. The van der Waals surface area contributed by atoms with E-state index in [0.29, 0.717) is 10.9 Å². The van der Waals surface area contributed by atoms with Crippen LogP contribution in [0.25, 0.3) is 0 Å². The fourth-order valence-electron chi connectivity index (χ4n) is 1.72. The van der Waals surface area contributed by atoms with Gasteiger partial charge in [-0.05, 0) is 23.8 Å². The minimum absolute atomic E-state index is 0.701. The quantitative estimate of drug-likeness (QED) is 0.531. The highest BCUT2D eigenvalue weighted by Crippen LogP contribution is 2.25. The highest BCUT2D eigenvalue weighted by atomic mass is 35.5. The van der Waals surface area contributed by atoms with E-state index >= 15 is 0 Å². The molecule has 0 saturated heterocycles. The Balaban J connectivity index is 1.70. The topological polar surface area (TPSA) is 56.0 Å². The van der Waals surface area contributed by atoms with E-state index in [1.807, 2.05) is 42.5 Å². The third-order valence-corrected chi connectivity index (χ3v) is 4.17. The number of hydrogen-bond acceptors (Lipinski definition) is 5. The van der Waals surface area contributed by atoms with E-state index in [4.69, 9.17) is 11.6 Å². The minimum atomic E-state index is 0.701. The van der Waals surface area contributed by atoms with Crippen molar-refractivity contribution in [2.24, 2.45) is 5.10 Å². The van der Waals surface area contributed by atoms with Crippen molar-refractivity contribution in [1.29, 1.82) is 0 Å². The Morgan fingerprint density at radius 1 is 1.18 bits per heavy atom. The second-order valence-electron chi connectivity index (χ2n) is 4.34. The number of nitrogens with zero attached hydrogens (tertiary/aromatic N) is 5. The molecule has 22 heavy (non-hydrogen) atoms. The lowest BCUT2D eigenvalue weighted by Gasteiger charge is -2.03. The molecule has 3 aromatic rings. The standard InChI is InChI=1S/C15H12ClN5S/c16-14-7-2-1-5-12(14)10-22-15-20-18-11-21(15)19-9-13-6-3-4-8-17-13/h1-9,11H,10H2. The van der Waals surface area contributed by atoms with E-state index < -0.39 is 0 Å². The van der Waals surface area contributed by atoms with Crippen LogP contribution in [0.2, 0.25) is 5.02 Å². The van der Waals surface area contributed by atoms with Crippen molar-refractivity contribution in [2.45, 2.75) is 10.9 Å². The fourth-order valence-corrected chi connectivity index (χ4v) is 2.87. The first-order chi connectivity index (χ1) is 10.8. The molecule has 0 saturated carbocycles. The average Bonchev–Trinajstić information content (AvgIpc) is 3.01. The molecule has 0 N–H and O–H groups in total. The van der Waals surface area contributed by atoms with Crippen molar-refractivity contribution in [3.63, 3.8) is 0 Å². The van der Waals surface area contributed by atoms with Gasteiger partial charge in [-0.25, -0.2) is 0 Å². The van der Waals surface area contributed by atoms with Crippen LogP contribution < -0.4 is 0 Å². The molecule has 0 aliphatic rings. The van der Waals surface area contributed by atoms with Gasteiger partial charge >= 0.3 is 0 Å². The van der Waals surface area contributed by atoms with Crippen molar-refractivity contribution in [2.75, 3.05) is 0 Å². The van der Waals surface area contributed by atoms with E-state index in [1.165, 1.54) is 11.8 Å². The molecule has 0 atom stereocenters. The van der Waals surface area contributed by atoms with Gasteiger partial charge in [0.25, 0.3) is 0 Å². The van der Waals surface area contributed by atoms with E-state index in [0.717, 1.165) is 16.3 Å². The van der Waals surface area contributed by atoms with Gasteiger partial charge in [0.1, 0.15) is 6.33 Å². The summed E-state index contributed by atoms with van der Waals surface area (Å²) in [4.78, 5) is 4.19. The molecule has 0 spiro atoms. The Hall–Kier alpha value is -2.18. The van der Waals surface area contributed by atoms with E-state index in [1.54, 1.807) is 23.4 Å². The Labute approximate surface area is 137 Å². The molecule has 5 nitrogen and oxygen atoms in total. The van der Waals surface area contributed by atoms with Gasteiger partial charge in [0, 0.05) is 17.0 Å². The van der Waals surface area contributed by atoms with Crippen LogP contribution in [0.4, 0.5) is 0 Å². The number of thioether (sulfide) groups is 1. The van der Waals surface area contributed by atoms with Crippen LogP contribution in [0.5, 0.6) is 0 Å². The second-order valence-corrected chi connectivity index (χ2v) is 5.69. The number of halogens is 1. The summed E-state index contributed by atoms with van der Waals surface area (Å²) >= 11 is 7.68. The first kappa shape index (κ1) is 14.7. The third kappa shape index (κ3) is 3.72. The summed E-state index contributed by atoms with van der Waals surface area (Å²) in [6.45, 7) is 0. The van der Waals surface area contributed by atoms with Crippen LogP contribution >= 0.6 is 23.4 Å². The maximum Gasteiger partial charge on any atom is 0.212 e. The lowest BCUT2D eigenvalue weighted by atomic mass is 10.2. The maximum absolute atomic E-state index is 6.15. The molecule has 2 aromatic heterocycles. The molecule has 0 fully saturated rings. The van der Waals surface area contributed by atoms with Crippen LogP contribution in [0.15, 0.2) is 65.2 Å². The zero-order valence-electron chi connectivity index (χ0n) is 11.5. The number of pyridine rings is 1. The molecule has 7 heteroatoms. The lowest BCUT2D eigenvalue weighted by Crippen LogP contribution is -1.94. The van der Waals surface area contributed by atoms with Crippen molar-refractivity contribution in [1.82, 2.24) is 19.9 Å². The van der Waals surface area contributed by atoms with Crippen LogP contribution in [0.1, 0.15) is 11.3 Å². The molecule has 0 bridgehead atoms. The lowest BCUT2D eigenvalue weighted by molar-refractivity contribution is 0.766. The predicted molar refractivity (Wildman–Crippen MR) is 88.3 cm³/mol. The van der Waals surface area contributed by atoms with Gasteiger partial charge in [0.2, 0.25) is 5.16 Å². The molecule has 0 radical (unpaired) electrons. The zero-order chi connectivity index (χ0) is 15.2. The molecule has 1 aromatic carbocycles. The van der Waals surface area contributed by atoms with Crippen LogP contribution in [0.3, 0.4) is 0 Å². The second kappa shape index (κ2) is 7.20. The molecule has 110 valence electrons. The molecule has 0 aliphatic heterocycles. The Bertz CT molecular complexity index is 772. The third-order valence-electron chi connectivity index (χ3n) is 2.82. The van der Waals surface area contributed by atoms with Crippen molar-refractivity contribution in [3.05, 3.63) is 71.3 Å². The summed E-state index contributed by atoms with van der Waals surface area (Å²) in [5.41, 5.74) is 1.83. The first-order valence-corrected chi connectivity index (χ1v) is 7.91. The molecule has 0 unspecified atom stereocenters. The summed E-state index contributed by atoms with van der Waals surface area (Å²) in [7, 11) is 0. The Morgan fingerprint density at radius 3 is 2.86 bits per heavy atom. The number of hydrogen-bond donors (Lipinski definition) is 0. The SMILES string of the molecule is Clc1ccccc1CSc1nncn1N=Cc1ccccn1. The fraction of sp³-hybridized carbons (Fsp3) is 0.0667. The smallest absolute Gasteiger partial charge is 0.212 e. The van der Waals surface area contributed by atoms with Gasteiger partial charge in [-0.3, -0.25) is 4.98 Å². The molecule has 0 amide bonds. The van der Waals surface area contributed by atoms with E-state index in [9.17, 15) is 0 Å². The molecule has 2 heterocycles. The minimum Gasteiger partial charge on any atom is -0.255 e. The Kier molecular flexibility index (Phi) is 4.82. The normalized spacial score (nSPS) is 11.1.